The van der Waals surface area contributed by atoms with Gasteiger partial charge in [0, 0.05) is 36.2 Å². The summed E-state index contributed by atoms with van der Waals surface area (Å²) in [6, 6.07) is 10.0. The van der Waals surface area contributed by atoms with Crippen molar-refractivity contribution in [2.24, 2.45) is 7.05 Å². The maximum atomic E-state index is 6.11. The predicted molar refractivity (Wildman–Crippen MR) is 98.1 cm³/mol. The Labute approximate surface area is 152 Å². The first-order chi connectivity index (χ1) is 12.2. The normalized spacial score (nSPS) is 17.9. The number of likely N-dealkylation sites (tertiary alicyclic amines) is 1. The molecule has 3 aromatic rings. The van der Waals surface area contributed by atoms with Gasteiger partial charge in [-0.15, -0.1) is 0 Å². The Morgan fingerprint density at radius 3 is 2.92 bits per heavy atom. The van der Waals surface area contributed by atoms with Gasteiger partial charge in [0.15, 0.2) is 5.82 Å². The van der Waals surface area contributed by atoms with Gasteiger partial charge in [0.1, 0.15) is 5.82 Å². The van der Waals surface area contributed by atoms with Crippen molar-refractivity contribution in [1.29, 1.82) is 0 Å². The van der Waals surface area contributed by atoms with Crippen molar-refractivity contribution in [3.05, 3.63) is 65.5 Å². The number of aryl methyl sites for hydroxylation is 1. The molecule has 5 nitrogen and oxygen atoms in total. The second-order valence-corrected chi connectivity index (χ2v) is 6.83. The van der Waals surface area contributed by atoms with Crippen molar-refractivity contribution < 1.29 is 0 Å². The lowest BCUT2D eigenvalue weighted by molar-refractivity contribution is 0.236. The molecule has 0 radical (unpaired) electrons. The van der Waals surface area contributed by atoms with Gasteiger partial charge >= 0.3 is 0 Å². The first-order valence-corrected chi connectivity index (χ1v) is 8.87. The van der Waals surface area contributed by atoms with Gasteiger partial charge < -0.3 is 4.57 Å². The molecule has 1 fully saturated rings. The van der Waals surface area contributed by atoms with Crippen molar-refractivity contribution in [3.63, 3.8) is 0 Å². The predicted octanol–water partition coefficient (Wildman–Crippen LogP) is 3.87. The number of rotatable bonds is 4. The number of nitrogens with zero attached hydrogens (tertiary/aromatic N) is 5. The second kappa shape index (κ2) is 6.94. The maximum Gasteiger partial charge on any atom is 0.159 e. The zero-order valence-corrected chi connectivity index (χ0v) is 14.9. The van der Waals surface area contributed by atoms with Crippen LogP contribution < -0.4 is 0 Å². The van der Waals surface area contributed by atoms with E-state index in [1.54, 1.807) is 0 Å². The molecular formula is C19H20ClN5. The molecule has 0 N–H and O–H groups in total. The van der Waals surface area contributed by atoms with Crippen LogP contribution in [-0.2, 0) is 13.6 Å². The third-order valence-corrected chi connectivity index (χ3v) is 4.97. The van der Waals surface area contributed by atoms with Gasteiger partial charge in [-0.05, 0) is 37.6 Å². The first-order valence-electron chi connectivity index (χ1n) is 8.50. The first kappa shape index (κ1) is 16.2. The van der Waals surface area contributed by atoms with Gasteiger partial charge in [-0.3, -0.25) is 4.90 Å². The number of hydrogen-bond donors (Lipinski definition) is 0. The molecule has 2 aromatic heterocycles. The highest BCUT2D eigenvalue weighted by molar-refractivity contribution is 6.30. The molecule has 3 heterocycles. The molecule has 0 amide bonds. The molecule has 1 aliphatic rings. The molecule has 1 atom stereocenters. The minimum atomic E-state index is 0.303. The molecule has 128 valence electrons. The van der Waals surface area contributed by atoms with Crippen LogP contribution in [0.25, 0.3) is 11.4 Å². The van der Waals surface area contributed by atoms with E-state index in [4.69, 9.17) is 16.6 Å². The summed E-state index contributed by atoms with van der Waals surface area (Å²) in [5, 5.41) is 0.698. The number of benzene rings is 1. The summed E-state index contributed by atoms with van der Waals surface area (Å²) in [6.07, 6.45) is 7.96. The Bertz CT molecular complexity index is 876. The van der Waals surface area contributed by atoms with E-state index in [1.165, 1.54) is 6.42 Å². The Kier molecular flexibility index (Phi) is 4.51. The summed E-state index contributed by atoms with van der Waals surface area (Å²) in [7, 11) is 2.04. The minimum absolute atomic E-state index is 0.303. The third kappa shape index (κ3) is 3.43. The van der Waals surface area contributed by atoms with Crippen LogP contribution >= 0.6 is 11.6 Å². The average Bonchev–Trinajstić information content (AvgIpc) is 3.25. The quantitative estimate of drug-likeness (QED) is 0.714. The summed E-state index contributed by atoms with van der Waals surface area (Å²) >= 11 is 6.11. The largest absolute Gasteiger partial charge is 0.337 e. The minimum Gasteiger partial charge on any atom is -0.337 e. The number of aromatic nitrogens is 4. The molecule has 1 aromatic carbocycles. The molecule has 0 bridgehead atoms. The fourth-order valence-corrected chi connectivity index (χ4v) is 3.60. The molecule has 0 aliphatic carbocycles. The molecule has 25 heavy (non-hydrogen) atoms. The standard InChI is InChI=1S/C19H20ClN5/c1-24-11-9-21-18(24)13-25-10-3-6-17(25)16-7-8-22-19(23-16)14-4-2-5-15(20)12-14/h2,4-5,7-9,11-12,17H,3,6,10,13H2,1H3. The molecule has 0 saturated carbocycles. The molecule has 4 rings (SSSR count). The van der Waals surface area contributed by atoms with Crippen molar-refractivity contribution >= 4 is 11.6 Å². The highest BCUT2D eigenvalue weighted by Gasteiger charge is 2.28. The van der Waals surface area contributed by atoms with Crippen molar-refractivity contribution in [3.8, 4) is 11.4 Å². The van der Waals surface area contributed by atoms with E-state index in [1.807, 2.05) is 56.0 Å². The highest BCUT2D eigenvalue weighted by Crippen LogP contribution is 2.32. The van der Waals surface area contributed by atoms with E-state index in [0.29, 0.717) is 11.1 Å². The van der Waals surface area contributed by atoms with E-state index < -0.39 is 0 Å². The van der Waals surface area contributed by atoms with Crippen molar-refractivity contribution in [1.82, 2.24) is 24.4 Å². The zero-order chi connectivity index (χ0) is 17.2. The van der Waals surface area contributed by atoms with E-state index in [0.717, 1.165) is 42.4 Å². The Morgan fingerprint density at radius 2 is 2.12 bits per heavy atom. The van der Waals surface area contributed by atoms with Gasteiger partial charge in [-0.2, -0.15) is 0 Å². The van der Waals surface area contributed by atoms with Crippen LogP contribution in [0.5, 0.6) is 0 Å². The van der Waals surface area contributed by atoms with Crippen molar-refractivity contribution in [2.45, 2.75) is 25.4 Å². The molecule has 6 heteroatoms. The number of hydrogen-bond acceptors (Lipinski definition) is 4. The van der Waals surface area contributed by atoms with E-state index in [9.17, 15) is 0 Å². The molecule has 1 aliphatic heterocycles. The second-order valence-electron chi connectivity index (χ2n) is 6.40. The smallest absolute Gasteiger partial charge is 0.159 e. The summed E-state index contributed by atoms with van der Waals surface area (Å²) in [5.74, 6) is 1.81. The van der Waals surface area contributed by atoms with Crippen LogP contribution in [0.15, 0.2) is 48.9 Å². The number of halogens is 1. The average molecular weight is 354 g/mol. The Hall–Kier alpha value is -2.24. The SMILES string of the molecule is Cn1ccnc1CN1CCCC1c1ccnc(-c2cccc(Cl)c2)n1. The molecule has 0 spiro atoms. The lowest BCUT2D eigenvalue weighted by atomic mass is 10.1. The number of imidazole rings is 1. The van der Waals surface area contributed by atoms with Gasteiger partial charge in [0.25, 0.3) is 0 Å². The van der Waals surface area contributed by atoms with Crippen LogP contribution in [0.1, 0.15) is 30.4 Å². The summed E-state index contributed by atoms with van der Waals surface area (Å²) in [5.41, 5.74) is 2.01. The van der Waals surface area contributed by atoms with Gasteiger partial charge in [-0.1, -0.05) is 23.7 Å². The Balaban J connectivity index is 1.60. The monoisotopic (exact) mass is 353 g/mol. The van der Waals surface area contributed by atoms with Crippen molar-refractivity contribution in [2.75, 3.05) is 6.54 Å². The van der Waals surface area contributed by atoms with Gasteiger partial charge in [0.2, 0.25) is 0 Å². The van der Waals surface area contributed by atoms with Crippen LogP contribution in [-0.4, -0.2) is 31.0 Å². The van der Waals surface area contributed by atoms with Gasteiger partial charge in [0.05, 0.1) is 18.3 Å². The maximum absolute atomic E-state index is 6.11. The van der Waals surface area contributed by atoms with E-state index in [2.05, 4.69) is 19.4 Å². The molecule has 1 unspecified atom stereocenters. The van der Waals surface area contributed by atoms with Gasteiger partial charge in [-0.25, -0.2) is 15.0 Å². The van der Waals surface area contributed by atoms with Crippen LogP contribution in [0.2, 0.25) is 5.02 Å². The van der Waals surface area contributed by atoms with E-state index >= 15 is 0 Å². The molecular weight excluding hydrogens is 334 g/mol. The summed E-state index contributed by atoms with van der Waals surface area (Å²) < 4.78 is 2.08. The zero-order valence-electron chi connectivity index (χ0n) is 14.1. The fraction of sp³-hybridized carbons (Fsp3) is 0.316. The third-order valence-electron chi connectivity index (χ3n) is 4.73. The lowest BCUT2D eigenvalue weighted by Gasteiger charge is -2.23. The highest BCUT2D eigenvalue weighted by atomic mass is 35.5. The molecule has 1 saturated heterocycles. The fourth-order valence-electron chi connectivity index (χ4n) is 3.41. The topological polar surface area (TPSA) is 46.8 Å². The summed E-state index contributed by atoms with van der Waals surface area (Å²) in [4.78, 5) is 16.2. The van der Waals surface area contributed by atoms with Crippen LogP contribution in [0.3, 0.4) is 0 Å². The Morgan fingerprint density at radius 1 is 1.20 bits per heavy atom. The van der Waals surface area contributed by atoms with Crippen LogP contribution in [0.4, 0.5) is 0 Å². The van der Waals surface area contributed by atoms with Crippen LogP contribution in [0, 0.1) is 0 Å². The lowest BCUT2D eigenvalue weighted by Crippen LogP contribution is -2.25. The van der Waals surface area contributed by atoms with E-state index in [-0.39, 0.29) is 0 Å². The summed E-state index contributed by atoms with van der Waals surface area (Å²) in [6.45, 7) is 1.90.